The van der Waals surface area contributed by atoms with E-state index in [1.807, 2.05) is 0 Å². The summed E-state index contributed by atoms with van der Waals surface area (Å²) >= 11 is 0. The zero-order valence-electron chi connectivity index (χ0n) is 7.10. The van der Waals surface area contributed by atoms with E-state index in [0.717, 1.165) is 12.8 Å². The van der Waals surface area contributed by atoms with E-state index in [1.165, 1.54) is 0 Å². The van der Waals surface area contributed by atoms with Crippen LogP contribution in [-0.2, 0) is 4.79 Å². The monoisotopic (exact) mass is 160 g/mol. The Hall–Kier alpha value is -1.21. The minimum atomic E-state index is -0.178. The second-order valence-corrected chi connectivity index (χ2v) is 3.34. The first kappa shape index (κ1) is 8.88. The highest BCUT2D eigenvalue weighted by Gasteiger charge is 2.31. The Bertz CT molecular complexity index is 252. The van der Waals surface area contributed by atoms with Crippen LogP contribution in [0, 0.1) is 30.1 Å². The number of hydrogen-bond donors (Lipinski definition) is 0. The van der Waals surface area contributed by atoms with Gasteiger partial charge in [-0.25, -0.2) is 0 Å². The summed E-state index contributed by atoms with van der Waals surface area (Å²) in [6.45, 7) is 0. The van der Waals surface area contributed by atoms with Crippen molar-refractivity contribution in [3.8, 4) is 24.7 Å². The molecule has 1 aliphatic carbocycles. The van der Waals surface area contributed by atoms with Crippen LogP contribution in [0.4, 0.5) is 0 Å². The van der Waals surface area contributed by atoms with Crippen molar-refractivity contribution in [1.29, 1.82) is 0 Å². The summed E-state index contributed by atoms with van der Waals surface area (Å²) < 4.78 is 0. The third-order valence-electron chi connectivity index (χ3n) is 2.51. The average Bonchev–Trinajstić information content (AvgIpc) is 2.10. The molecule has 1 saturated carbocycles. The average molecular weight is 160 g/mol. The van der Waals surface area contributed by atoms with E-state index >= 15 is 0 Å². The highest BCUT2D eigenvalue weighted by atomic mass is 16.1. The summed E-state index contributed by atoms with van der Waals surface area (Å²) in [4.78, 5) is 11.0. The van der Waals surface area contributed by atoms with Gasteiger partial charge in [0.05, 0.1) is 0 Å². The fourth-order valence-corrected chi connectivity index (χ4v) is 1.57. The van der Waals surface area contributed by atoms with Gasteiger partial charge >= 0.3 is 0 Å². The second-order valence-electron chi connectivity index (χ2n) is 3.34. The van der Waals surface area contributed by atoms with Gasteiger partial charge in [0, 0.05) is 24.7 Å². The maximum atomic E-state index is 11.0. The molecule has 0 aromatic heterocycles. The van der Waals surface area contributed by atoms with Crippen molar-refractivity contribution >= 4 is 5.78 Å². The molecule has 12 heavy (non-hydrogen) atoms. The highest BCUT2D eigenvalue weighted by Crippen LogP contribution is 2.36. The normalized spacial score (nSPS) is 21.0. The predicted molar refractivity (Wildman–Crippen MR) is 48.2 cm³/mol. The predicted octanol–water partition coefficient (Wildman–Crippen LogP) is 1.77. The zero-order chi connectivity index (χ0) is 9.03. The number of hydrogen-bond acceptors (Lipinski definition) is 1. The van der Waals surface area contributed by atoms with Gasteiger partial charge in [0.2, 0.25) is 0 Å². The van der Waals surface area contributed by atoms with Crippen LogP contribution in [0.25, 0.3) is 0 Å². The maximum absolute atomic E-state index is 11.0. The summed E-state index contributed by atoms with van der Waals surface area (Å²) in [6, 6.07) is 0. The molecular weight excluding hydrogens is 148 g/mol. The van der Waals surface area contributed by atoms with Gasteiger partial charge in [-0.2, -0.15) is 0 Å². The van der Waals surface area contributed by atoms with E-state index in [0.29, 0.717) is 25.0 Å². The molecule has 1 nitrogen and oxygen atoms in total. The SMILES string of the molecule is C#CCC1(C#C)CCC(=O)CC1. The third kappa shape index (κ3) is 1.69. The molecule has 0 spiro atoms. The van der Waals surface area contributed by atoms with Crippen LogP contribution in [0.5, 0.6) is 0 Å². The van der Waals surface area contributed by atoms with Gasteiger partial charge < -0.3 is 0 Å². The first-order valence-electron chi connectivity index (χ1n) is 4.15. The first-order chi connectivity index (χ1) is 5.72. The lowest BCUT2D eigenvalue weighted by Crippen LogP contribution is -2.25. The Morgan fingerprint density at radius 2 is 1.92 bits per heavy atom. The molecule has 0 saturated heterocycles. The molecule has 0 heterocycles. The lowest BCUT2D eigenvalue weighted by Gasteiger charge is -2.29. The fourth-order valence-electron chi connectivity index (χ4n) is 1.57. The van der Waals surface area contributed by atoms with E-state index < -0.39 is 0 Å². The molecule has 0 aromatic rings. The molecule has 0 amide bonds. The summed E-state index contributed by atoms with van der Waals surface area (Å²) in [5, 5.41) is 0. The smallest absolute Gasteiger partial charge is 0.133 e. The minimum absolute atomic E-state index is 0.178. The Balaban J connectivity index is 2.66. The lowest BCUT2D eigenvalue weighted by molar-refractivity contribution is -0.121. The van der Waals surface area contributed by atoms with Crippen molar-refractivity contribution in [2.24, 2.45) is 5.41 Å². The van der Waals surface area contributed by atoms with Crippen molar-refractivity contribution in [2.75, 3.05) is 0 Å². The molecule has 1 fully saturated rings. The molecule has 1 rings (SSSR count). The van der Waals surface area contributed by atoms with Gasteiger partial charge in [0.25, 0.3) is 0 Å². The molecule has 1 heteroatoms. The van der Waals surface area contributed by atoms with Crippen LogP contribution in [0.1, 0.15) is 32.1 Å². The van der Waals surface area contributed by atoms with Crippen LogP contribution in [0.3, 0.4) is 0 Å². The van der Waals surface area contributed by atoms with E-state index in [1.54, 1.807) is 0 Å². The van der Waals surface area contributed by atoms with Crippen LogP contribution in [0.15, 0.2) is 0 Å². The second kappa shape index (κ2) is 3.46. The van der Waals surface area contributed by atoms with Gasteiger partial charge in [0.15, 0.2) is 0 Å². The first-order valence-corrected chi connectivity index (χ1v) is 4.15. The Kier molecular flexibility index (Phi) is 2.56. The lowest BCUT2D eigenvalue weighted by atomic mass is 9.72. The van der Waals surface area contributed by atoms with Crippen molar-refractivity contribution in [3.05, 3.63) is 0 Å². The van der Waals surface area contributed by atoms with E-state index in [9.17, 15) is 4.79 Å². The summed E-state index contributed by atoms with van der Waals surface area (Å²) in [7, 11) is 0. The van der Waals surface area contributed by atoms with E-state index in [-0.39, 0.29) is 5.41 Å². The molecule has 0 aromatic carbocycles. The molecule has 62 valence electrons. The number of Topliss-reactive ketones (excluding diaryl/α,β-unsaturated/α-hetero) is 1. The number of carbonyl (C=O) groups is 1. The van der Waals surface area contributed by atoms with Crippen molar-refractivity contribution in [1.82, 2.24) is 0 Å². The summed E-state index contributed by atoms with van der Waals surface area (Å²) in [5.41, 5.74) is -0.178. The van der Waals surface area contributed by atoms with Crippen LogP contribution in [-0.4, -0.2) is 5.78 Å². The minimum Gasteiger partial charge on any atom is -0.300 e. The highest BCUT2D eigenvalue weighted by molar-refractivity contribution is 5.79. The largest absolute Gasteiger partial charge is 0.300 e. The van der Waals surface area contributed by atoms with Gasteiger partial charge in [-0.3, -0.25) is 4.79 Å². The van der Waals surface area contributed by atoms with Gasteiger partial charge in [0.1, 0.15) is 5.78 Å². The maximum Gasteiger partial charge on any atom is 0.133 e. The number of ketones is 1. The number of terminal acetylenes is 2. The molecule has 0 bridgehead atoms. The van der Waals surface area contributed by atoms with Crippen LogP contribution in [0.2, 0.25) is 0 Å². The molecule has 0 aliphatic heterocycles. The topological polar surface area (TPSA) is 17.1 Å². The Labute approximate surface area is 73.5 Å². The quantitative estimate of drug-likeness (QED) is 0.534. The number of rotatable bonds is 1. The molecule has 0 radical (unpaired) electrons. The van der Waals surface area contributed by atoms with Gasteiger partial charge in [-0.15, -0.1) is 18.8 Å². The van der Waals surface area contributed by atoms with E-state index in [2.05, 4.69) is 11.8 Å². The third-order valence-corrected chi connectivity index (χ3v) is 2.51. The number of carbonyl (C=O) groups excluding carboxylic acids is 1. The molecule has 1 aliphatic rings. The van der Waals surface area contributed by atoms with E-state index in [4.69, 9.17) is 12.8 Å². The summed E-state index contributed by atoms with van der Waals surface area (Å²) in [5.74, 6) is 5.65. The Morgan fingerprint density at radius 1 is 1.33 bits per heavy atom. The molecule has 0 N–H and O–H groups in total. The zero-order valence-corrected chi connectivity index (χ0v) is 7.10. The van der Waals surface area contributed by atoms with Gasteiger partial charge in [-0.1, -0.05) is 5.92 Å². The fraction of sp³-hybridized carbons (Fsp3) is 0.545. The van der Waals surface area contributed by atoms with Crippen molar-refractivity contribution in [3.63, 3.8) is 0 Å². The van der Waals surface area contributed by atoms with Crippen LogP contribution < -0.4 is 0 Å². The molecule has 0 unspecified atom stereocenters. The standard InChI is InChI=1S/C11H12O/c1-3-7-11(4-2)8-5-10(12)6-9-11/h1-2H,5-9H2. The summed E-state index contributed by atoms with van der Waals surface area (Å²) in [6.07, 6.45) is 14.0. The van der Waals surface area contributed by atoms with Gasteiger partial charge in [-0.05, 0) is 12.8 Å². The van der Waals surface area contributed by atoms with Crippen molar-refractivity contribution in [2.45, 2.75) is 32.1 Å². The Morgan fingerprint density at radius 3 is 2.33 bits per heavy atom. The van der Waals surface area contributed by atoms with Crippen molar-refractivity contribution < 1.29 is 4.79 Å². The molecule has 0 atom stereocenters. The van der Waals surface area contributed by atoms with Crippen LogP contribution >= 0.6 is 0 Å². The molecular formula is C11H12O.